The van der Waals surface area contributed by atoms with E-state index in [0.717, 1.165) is 89.9 Å². The zero-order valence-electron chi connectivity index (χ0n) is 33.2. The molecule has 8 nitrogen and oxygen atoms in total. The second-order valence-electron chi connectivity index (χ2n) is 14.3. The van der Waals surface area contributed by atoms with Gasteiger partial charge >= 0.3 is 17.9 Å². The number of carbonyl (C=O) groups is 3. The first kappa shape index (κ1) is 53.7. The van der Waals surface area contributed by atoms with Crippen LogP contribution in [0.4, 0.5) is 11.4 Å². The number of unbranched alkanes of at least 4 members (excludes halogenated alkanes) is 13. The molecule has 57 heavy (non-hydrogen) atoms. The molecule has 0 aliphatic heterocycles. The lowest BCUT2D eigenvalue weighted by Crippen LogP contribution is -2.30. The lowest BCUT2D eigenvalue weighted by atomic mass is 10.1. The van der Waals surface area contributed by atoms with Crippen molar-refractivity contribution >= 4 is 165 Å². The van der Waals surface area contributed by atoms with Crippen LogP contribution in [0.25, 0.3) is 0 Å². The van der Waals surface area contributed by atoms with Gasteiger partial charge in [0, 0.05) is 40.7 Å². The summed E-state index contributed by atoms with van der Waals surface area (Å²) >= 11 is 13.8. The Balaban J connectivity index is 1.77. The molecular formula is C43H60I6N2O6. The molecule has 0 heterocycles. The molecule has 320 valence electrons. The molecule has 0 radical (unpaired) electrons. The van der Waals surface area contributed by atoms with E-state index in [4.69, 9.17) is 25.7 Å². The molecule has 0 bridgehead atoms. The summed E-state index contributed by atoms with van der Waals surface area (Å²) < 4.78 is 23.3. The lowest BCUT2D eigenvalue weighted by molar-refractivity contribution is -0.167. The van der Waals surface area contributed by atoms with Gasteiger partial charge in [0.15, 0.2) is 6.10 Å². The monoisotopic (exact) mass is 1460 g/mol. The molecule has 0 aromatic heterocycles. The number of esters is 3. The molecule has 0 saturated heterocycles. The van der Waals surface area contributed by atoms with Crippen molar-refractivity contribution in [3.05, 3.63) is 56.8 Å². The van der Waals surface area contributed by atoms with E-state index in [1.807, 2.05) is 0 Å². The van der Waals surface area contributed by atoms with Crippen LogP contribution in [-0.4, -0.2) is 37.2 Å². The topological polar surface area (TPSA) is 131 Å². The number of anilines is 2. The SMILES string of the molecule is CCCCCCCCC=CCCCCCCCC(=O)OC(COC(=O)CCCCc1c(I)cc(I)c(N)c1I)COC(=O)CCCCc1c(I)cc(I)c(N)c1I. The molecular weight excluding hydrogens is 1400 g/mol. The normalized spacial score (nSPS) is 11.4. The van der Waals surface area contributed by atoms with Gasteiger partial charge < -0.3 is 25.7 Å². The molecule has 0 amide bonds. The standard InChI is InChI=1S/C43H60I6N2O6/c1-2-3-4-5-6-7-8-9-10-11-12-13-14-15-16-25-39(54)57-30(28-55-37(52)23-19-17-21-31-33(44)26-35(46)42(50)40(31)48)29-56-38(53)24-20-18-22-32-34(45)27-36(47)43(51)41(32)49/h9-10,26-27,30H,2-8,11-25,28-29,50-51H2,1H3. The van der Waals surface area contributed by atoms with Gasteiger partial charge in [-0.1, -0.05) is 70.4 Å². The van der Waals surface area contributed by atoms with Crippen LogP contribution in [0.15, 0.2) is 24.3 Å². The van der Waals surface area contributed by atoms with Crippen molar-refractivity contribution in [1.29, 1.82) is 0 Å². The Morgan fingerprint density at radius 2 is 0.930 bits per heavy atom. The van der Waals surface area contributed by atoms with E-state index in [1.165, 1.54) is 63.2 Å². The Morgan fingerprint density at radius 1 is 0.544 bits per heavy atom. The fraction of sp³-hybridized carbons (Fsp3) is 0.605. The minimum absolute atomic E-state index is 0.154. The van der Waals surface area contributed by atoms with Crippen molar-refractivity contribution in [2.75, 3.05) is 24.7 Å². The number of hydrogen-bond acceptors (Lipinski definition) is 8. The van der Waals surface area contributed by atoms with Crippen LogP contribution in [0.5, 0.6) is 0 Å². The second-order valence-corrected chi connectivity index (χ2v) is 21.1. The van der Waals surface area contributed by atoms with E-state index in [9.17, 15) is 14.4 Å². The molecule has 0 fully saturated rings. The maximum Gasteiger partial charge on any atom is 0.306 e. The van der Waals surface area contributed by atoms with Crippen LogP contribution in [0.3, 0.4) is 0 Å². The van der Waals surface area contributed by atoms with Crippen molar-refractivity contribution in [3.63, 3.8) is 0 Å². The van der Waals surface area contributed by atoms with Gasteiger partial charge in [-0.05, 0) is 229 Å². The zero-order chi connectivity index (χ0) is 42.0. The Kier molecular flexibility index (Phi) is 30.4. The van der Waals surface area contributed by atoms with Gasteiger partial charge in [0.25, 0.3) is 0 Å². The molecule has 0 spiro atoms. The van der Waals surface area contributed by atoms with Crippen LogP contribution >= 0.6 is 136 Å². The van der Waals surface area contributed by atoms with Crippen molar-refractivity contribution in [2.45, 2.75) is 154 Å². The van der Waals surface area contributed by atoms with Gasteiger partial charge in [-0.3, -0.25) is 14.4 Å². The average molecular weight is 1460 g/mol. The minimum Gasteiger partial charge on any atom is -0.462 e. The quantitative estimate of drug-likeness (QED) is 0.0197. The fourth-order valence-electron chi connectivity index (χ4n) is 6.11. The van der Waals surface area contributed by atoms with Crippen molar-refractivity contribution in [1.82, 2.24) is 0 Å². The van der Waals surface area contributed by atoms with E-state index in [0.29, 0.717) is 12.8 Å². The first-order valence-electron chi connectivity index (χ1n) is 20.3. The van der Waals surface area contributed by atoms with Gasteiger partial charge in [-0.2, -0.15) is 0 Å². The van der Waals surface area contributed by atoms with Crippen LogP contribution in [0.2, 0.25) is 0 Å². The Labute approximate surface area is 423 Å². The van der Waals surface area contributed by atoms with Crippen LogP contribution < -0.4 is 11.5 Å². The zero-order valence-corrected chi connectivity index (χ0v) is 46.2. The summed E-state index contributed by atoms with van der Waals surface area (Å²) in [5.41, 5.74) is 16.5. The van der Waals surface area contributed by atoms with Gasteiger partial charge in [0.1, 0.15) is 13.2 Å². The first-order valence-corrected chi connectivity index (χ1v) is 26.8. The summed E-state index contributed by atoms with van der Waals surface area (Å²) in [6.07, 6.45) is 24.4. The highest BCUT2D eigenvalue weighted by Crippen LogP contribution is 2.32. The largest absolute Gasteiger partial charge is 0.462 e. The molecule has 0 aliphatic rings. The summed E-state index contributed by atoms with van der Waals surface area (Å²) in [5.74, 6) is -1.11. The van der Waals surface area contributed by atoms with Gasteiger partial charge in [-0.15, -0.1) is 0 Å². The van der Waals surface area contributed by atoms with Crippen LogP contribution in [0, 0.1) is 21.4 Å². The summed E-state index contributed by atoms with van der Waals surface area (Å²) in [5, 5.41) is 0. The number of rotatable bonds is 30. The maximum absolute atomic E-state index is 12.8. The highest BCUT2D eigenvalue weighted by Gasteiger charge is 2.20. The third-order valence-corrected chi connectivity index (χ3v) is 15.7. The molecule has 14 heteroatoms. The third-order valence-electron chi connectivity index (χ3n) is 9.52. The fourth-order valence-corrected chi connectivity index (χ4v) is 13.9. The Morgan fingerprint density at radius 3 is 1.39 bits per heavy atom. The van der Waals surface area contributed by atoms with Crippen LogP contribution in [-0.2, 0) is 41.4 Å². The predicted molar refractivity (Wildman–Crippen MR) is 284 cm³/mol. The highest BCUT2D eigenvalue weighted by atomic mass is 127. The first-order chi connectivity index (χ1) is 27.3. The van der Waals surface area contributed by atoms with E-state index in [1.54, 1.807) is 0 Å². The lowest BCUT2D eigenvalue weighted by Gasteiger charge is -2.18. The third kappa shape index (κ3) is 23.0. The molecule has 0 atom stereocenters. The predicted octanol–water partition coefficient (Wildman–Crippen LogP) is 13.6. The van der Waals surface area contributed by atoms with Gasteiger partial charge in [0.2, 0.25) is 0 Å². The molecule has 0 unspecified atom stereocenters. The number of allylic oxidation sites excluding steroid dienone is 2. The minimum atomic E-state index is -0.857. The van der Waals surface area contributed by atoms with E-state index in [-0.39, 0.29) is 50.4 Å². The van der Waals surface area contributed by atoms with Gasteiger partial charge in [0.05, 0.1) is 11.4 Å². The highest BCUT2D eigenvalue weighted by molar-refractivity contribution is 14.1. The van der Waals surface area contributed by atoms with Crippen molar-refractivity contribution in [2.24, 2.45) is 0 Å². The van der Waals surface area contributed by atoms with Crippen molar-refractivity contribution < 1.29 is 28.6 Å². The Bertz CT molecular complexity index is 1490. The number of hydrogen-bond donors (Lipinski definition) is 2. The van der Waals surface area contributed by atoms with E-state index < -0.39 is 6.10 Å². The number of nitrogen functional groups attached to an aromatic ring is 2. The number of halogens is 6. The summed E-state index contributed by atoms with van der Waals surface area (Å²) in [6, 6.07) is 4.16. The van der Waals surface area contributed by atoms with Crippen LogP contribution in [0.1, 0.15) is 146 Å². The molecule has 2 aromatic carbocycles. The van der Waals surface area contributed by atoms with Crippen molar-refractivity contribution in [3.8, 4) is 0 Å². The van der Waals surface area contributed by atoms with E-state index >= 15 is 0 Å². The number of nitrogens with two attached hydrogens (primary N) is 2. The molecule has 4 N–H and O–H groups in total. The second kappa shape index (κ2) is 32.3. The molecule has 2 aromatic rings. The number of benzene rings is 2. The molecule has 2 rings (SSSR count). The Hall–Kier alpha value is 0.570. The van der Waals surface area contributed by atoms with E-state index in [2.05, 4.69) is 167 Å². The summed E-state index contributed by atoms with van der Waals surface area (Å²) in [6.45, 7) is 1.94. The number of carbonyl (C=O) groups excluding carboxylic acids is 3. The smallest absolute Gasteiger partial charge is 0.306 e. The maximum atomic E-state index is 12.8. The summed E-state index contributed by atoms with van der Waals surface area (Å²) in [4.78, 5) is 38.3. The van der Waals surface area contributed by atoms with Gasteiger partial charge in [-0.25, -0.2) is 0 Å². The average Bonchev–Trinajstić information content (AvgIpc) is 3.17. The number of ether oxygens (including phenoxy) is 3. The molecule has 0 aliphatic carbocycles. The molecule has 0 saturated carbocycles. The summed E-state index contributed by atoms with van der Waals surface area (Å²) in [7, 11) is 0.